The number of rotatable bonds is 3. The van der Waals surface area contributed by atoms with E-state index >= 15 is 0 Å². The zero-order valence-electron chi connectivity index (χ0n) is 17.2. The summed E-state index contributed by atoms with van der Waals surface area (Å²) in [5.41, 5.74) is 4.84. The van der Waals surface area contributed by atoms with Gasteiger partial charge in [-0.25, -0.2) is 0 Å². The number of hydrogen-bond donors (Lipinski definition) is 0. The summed E-state index contributed by atoms with van der Waals surface area (Å²) in [6.45, 7) is 8.82. The molecule has 0 bridgehead atoms. The summed E-state index contributed by atoms with van der Waals surface area (Å²) in [6.07, 6.45) is 4.40. The molecule has 2 aromatic carbocycles. The van der Waals surface area contributed by atoms with E-state index in [9.17, 15) is 4.79 Å². The van der Waals surface area contributed by atoms with E-state index in [2.05, 4.69) is 36.9 Å². The summed E-state index contributed by atoms with van der Waals surface area (Å²) in [6, 6.07) is 12.2. The van der Waals surface area contributed by atoms with Gasteiger partial charge in [-0.3, -0.25) is 4.79 Å². The Bertz CT molecular complexity index is 914. The number of anilines is 1. The van der Waals surface area contributed by atoms with Gasteiger partial charge in [-0.2, -0.15) is 0 Å². The van der Waals surface area contributed by atoms with Gasteiger partial charge in [0, 0.05) is 44.4 Å². The number of aryl methyl sites for hydroxylation is 1. The third-order valence-corrected chi connectivity index (χ3v) is 5.70. The lowest BCUT2D eigenvalue weighted by atomic mass is 10.1. The molecule has 0 radical (unpaired) electrons. The largest absolute Gasteiger partial charge is 0.490 e. The van der Waals surface area contributed by atoms with Gasteiger partial charge in [0.1, 0.15) is 0 Å². The molecule has 2 aliphatic rings. The number of hydrogen-bond acceptors (Lipinski definition) is 4. The van der Waals surface area contributed by atoms with Crippen molar-refractivity contribution >= 4 is 17.7 Å². The number of fused-ring (bicyclic) bond motifs is 1. The van der Waals surface area contributed by atoms with Crippen LogP contribution in [0.15, 0.2) is 42.5 Å². The molecule has 0 aliphatic carbocycles. The third-order valence-electron chi connectivity index (χ3n) is 5.70. The smallest absolute Gasteiger partial charge is 0.246 e. The first-order valence-corrected chi connectivity index (χ1v) is 10.3. The summed E-state index contributed by atoms with van der Waals surface area (Å²) in [5.74, 6) is 1.57. The van der Waals surface area contributed by atoms with Crippen molar-refractivity contribution in [2.24, 2.45) is 0 Å². The van der Waals surface area contributed by atoms with Gasteiger partial charge in [-0.1, -0.05) is 18.2 Å². The van der Waals surface area contributed by atoms with Crippen molar-refractivity contribution < 1.29 is 14.3 Å². The van der Waals surface area contributed by atoms with Gasteiger partial charge in [-0.05, 0) is 54.8 Å². The van der Waals surface area contributed by atoms with E-state index in [4.69, 9.17) is 9.47 Å². The van der Waals surface area contributed by atoms with Crippen molar-refractivity contribution in [3.8, 4) is 11.5 Å². The number of carbonyl (C=O) groups excluding carboxylic acids is 1. The Morgan fingerprint density at radius 1 is 0.966 bits per heavy atom. The fourth-order valence-corrected chi connectivity index (χ4v) is 3.80. The molecule has 5 nitrogen and oxygen atoms in total. The summed E-state index contributed by atoms with van der Waals surface area (Å²) in [5, 5.41) is 0. The lowest BCUT2D eigenvalue weighted by Gasteiger charge is -2.36. The molecule has 1 amide bonds. The minimum absolute atomic E-state index is 0.0534. The van der Waals surface area contributed by atoms with Crippen LogP contribution in [-0.4, -0.2) is 50.2 Å². The number of amides is 1. The standard InChI is InChI=1S/C24H28N2O3/c1-18-5-3-6-21(19(18)2)25-11-13-26(14-12-25)24(27)10-8-20-7-9-22-23(17-20)29-16-4-15-28-22/h3,5-10,17H,4,11-16H2,1-2H3/b10-8+. The Labute approximate surface area is 172 Å². The lowest BCUT2D eigenvalue weighted by molar-refractivity contribution is -0.126. The molecule has 0 N–H and O–H groups in total. The molecule has 0 saturated carbocycles. The number of ether oxygens (including phenoxy) is 2. The van der Waals surface area contributed by atoms with Gasteiger partial charge in [-0.15, -0.1) is 0 Å². The molecule has 152 valence electrons. The molecular formula is C24H28N2O3. The highest BCUT2D eigenvalue weighted by atomic mass is 16.5. The second-order valence-electron chi connectivity index (χ2n) is 7.62. The summed E-state index contributed by atoms with van der Waals surface area (Å²) in [4.78, 5) is 16.9. The number of nitrogens with zero attached hydrogens (tertiary/aromatic N) is 2. The Morgan fingerprint density at radius 3 is 2.52 bits per heavy atom. The summed E-state index contributed by atoms with van der Waals surface area (Å²) in [7, 11) is 0. The van der Waals surface area contributed by atoms with Crippen molar-refractivity contribution in [1.82, 2.24) is 4.90 Å². The second-order valence-corrected chi connectivity index (χ2v) is 7.62. The Morgan fingerprint density at radius 2 is 1.72 bits per heavy atom. The third kappa shape index (κ3) is 4.39. The van der Waals surface area contributed by atoms with Crippen LogP contribution in [0.2, 0.25) is 0 Å². The van der Waals surface area contributed by atoms with E-state index in [1.807, 2.05) is 29.2 Å². The van der Waals surface area contributed by atoms with E-state index in [0.29, 0.717) is 13.2 Å². The van der Waals surface area contributed by atoms with Crippen LogP contribution in [0.1, 0.15) is 23.1 Å². The maximum absolute atomic E-state index is 12.6. The van der Waals surface area contributed by atoms with E-state index in [-0.39, 0.29) is 5.91 Å². The molecule has 0 spiro atoms. The van der Waals surface area contributed by atoms with Gasteiger partial charge < -0.3 is 19.3 Å². The number of carbonyl (C=O) groups is 1. The zero-order valence-corrected chi connectivity index (χ0v) is 17.2. The highest BCUT2D eigenvalue weighted by molar-refractivity contribution is 5.92. The van der Waals surface area contributed by atoms with Gasteiger partial charge in [0.05, 0.1) is 13.2 Å². The van der Waals surface area contributed by atoms with Gasteiger partial charge in [0.2, 0.25) is 5.91 Å². The van der Waals surface area contributed by atoms with Crippen LogP contribution >= 0.6 is 0 Å². The topological polar surface area (TPSA) is 42.0 Å². The maximum Gasteiger partial charge on any atom is 0.246 e. The molecule has 0 atom stereocenters. The van der Waals surface area contributed by atoms with Crippen LogP contribution in [0.5, 0.6) is 11.5 Å². The SMILES string of the molecule is Cc1cccc(N2CCN(C(=O)/C=C/c3ccc4c(c3)OCCCO4)CC2)c1C. The lowest BCUT2D eigenvalue weighted by Crippen LogP contribution is -2.48. The van der Waals surface area contributed by atoms with Crippen molar-refractivity contribution in [1.29, 1.82) is 0 Å². The molecule has 2 aliphatic heterocycles. The Kier molecular flexibility index (Phi) is 5.74. The predicted octanol–water partition coefficient (Wildman–Crippen LogP) is 3.83. The van der Waals surface area contributed by atoms with Crippen LogP contribution in [0.3, 0.4) is 0 Å². The van der Waals surface area contributed by atoms with Gasteiger partial charge in [0.15, 0.2) is 11.5 Å². The van der Waals surface area contributed by atoms with Crippen LogP contribution in [-0.2, 0) is 4.79 Å². The molecule has 2 aromatic rings. The first-order valence-electron chi connectivity index (χ1n) is 10.3. The minimum Gasteiger partial charge on any atom is -0.490 e. The van der Waals surface area contributed by atoms with Gasteiger partial charge >= 0.3 is 0 Å². The van der Waals surface area contributed by atoms with Crippen LogP contribution in [0.25, 0.3) is 6.08 Å². The quantitative estimate of drug-likeness (QED) is 0.745. The molecule has 0 unspecified atom stereocenters. The van der Waals surface area contributed by atoms with Crippen LogP contribution < -0.4 is 14.4 Å². The molecule has 5 heteroatoms. The average molecular weight is 392 g/mol. The molecule has 0 aromatic heterocycles. The predicted molar refractivity (Wildman–Crippen MR) is 116 cm³/mol. The Balaban J connectivity index is 1.36. The molecular weight excluding hydrogens is 364 g/mol. The van der Waals surface area contributed by atoms with E-state index in [1.165, 1.54) is 16.8 Å². The molecule has 2 heterocycles. The van der Waals surface area contributed by atoms with Crippen LogP contribution in [0.4, 0.5) is 5.69 Å². The molecule has 1 saturated heterocycles. The normalized spacial score (nSPS) is 16.8. The fourth-order valence-electron chi connectivity index (χ4n) is 3.80. The van der Waals surface area contributed by atoms with Gasteiger partial charge in [0.25, 0.3) is 0 Å². The highest BCUT2D eigenvalue weighted by Crippen LogP contribution is 2.31. The van der Waals surface area contributed by atoms with Crippen molar-refractivity contribution in [2.75, 3.05) is 44.3 Å². The van der Waals surface area contributed by atoms with E-state index in [1.54, 1.807) is 6.08 Å². The van der Waals surface area contributed by atoms with Crippen molar-refractivity contribution in [3.63, 3.8) is 0 Å². The maximum atomic E-state index is 12.6. The molecule has 1 fully saturated rings. The molecule has 29 heavy (non-hydrogen) atoms. The minimum atomic E-state index is 0.0534. The van der Waals surface area contributed by atoms with Crippen LogP contribution in [0, 0.1) is 13.8 Å². The summed E-state index contributed by atoms with van der Waals surface area (Å²) >= 11 is 0. The van der Waals surface area contributed by atoms with Crippen molar-refractivity contribution in [2.45, 2.75) is 20.3 Å². The second kappa shape index (κ2) is 8.60. The summed E-state index contributed by atoms with van der Waals surface area (Å²) < 4.78 is 11.4. The first-order chi connectivity index (χ1) is 14.1. The van der Waals surface area contributed by atoms with E-state index in [0.717, 1.165) is 49.7 Å². The molecule has 4 rings (SSSR count). The number of piperazine rings is 1. The Hall–Kier alpha value is -2.95. The van der Waals surface area contributed by atoms with E-state index < -0.39 is 0 Å². The van der Waals surface area contributed by atoms with Crippen molar-refractivity contribution in [3.05, 3.63) is 59.2 Å². The first kappa shape index (κ1) is 19.4. The number of benzene rings is 2. The fraction of sp³-hybridized carbons (Fsp3) is 0.375. The monoisotopic (exact) mass is 392 g/mol. The average Bonchev–Trinajstić information content (AvgIpc) is 2.99. The zero-order chi connectivity index (χ0) is 20.2. The highest BCUT2D eigenvalue weighted by Gasteiger charge is 2.21.